The molecular formula is C18H17ClN2O2. The maximum atomic E-state index is 12.2. The summed E-state index contributed by atoms with van der Waals surface area (Å²) in [5.74, 6) is 0.534. The number of hydrogen-bond donors (Lipinski definition) is 1. The number of benzene rings is 2. The molecule has 0 saturated carbocycles. The average molecular weight is 329 g/mol. The zero-order chi connectivity index (χ0) is 16.2. The third-order valence-corrected chi connectivity index (χ3v) is 4.00. The Morgan fingerprint density at radius 2 is 1.87 bits per heavy atom. The molecule has 2 aromatic rings. The first-order valence-electron chi connectivity index (χ1n) is 7.29. The first-order valence-corrected chi connectivity index (χ1v) is 7.82. The van der Waals surface area contributed by atoms with Crippen LogP contribution in [0.1, 0.15) is 17.2 Å². The van der Waals surface area contributed by atoms with E-state index in [4.69, 9.17) is 16.3 Å². The number of alkyl halides is 1. The van der Waals surface area contributed by atoms with Gasteiger partial charge in [-0.2, -0.15) is 0 Å². The highest BCUT2D eigenvalue weighted by molar-refractivity contribution is 6.27. The van der Waals surface area contributed by atoms with E-state index in [2.05, 4.69) is 5.43 Å². The summed E-state index contributed by atoms with van der Waals surface area (Å²) >= 11 is 5.75. The molecule has 23 heavy (non-hydrogen) atoms. The van der Waals surface area contributed by atoms with E-state index in [-0.39, 0.29) is 17.8 Å². The molecule has 2 aromatic carbocycles. The standard InChI is InChI=1S/C18H17ClN2O2/c1-23-15-9-7-14(8-10-15)17-11-16(13-5-3-2-4-6-13)20-21(17)18(22)12-19/h2-11,17,20H,12H2,1H3/t17-/m1/s1. The average Bonchev–Trinajstić information content (AvgIpc) is 3.07. The number of rotatable bonds is 4. The normalized spacial score (nSPS) is 16.7. The van der Waals surface area contributed by atoms with E-state index in [0.717, 1.165) is 22.6 Å². The molecule has 4 nitrogen and oxygen atoms in total. The molecule has 1 amide bonds. The summed E-state index contributed by atoms with van der Waals surface area (Å²) in [6.07, 6.45) is 2.03. The molecule has 0 radical (unpaired) electrons. The van der Waals surface area contributed by atoms with Gasteiger partial charge in [-0.15, -0.1) is 11.6 Å². The van der Waals surface area contributed by atoms with Crippen molar-refractivity contribution in [2.45, 2.75) is 6.04 Å². The molecular weight excluding hydrogens is 312 g/mol. The number of amides is 1. The van der Waals surface area contributed by atoms with Crippen molar-refractivity contribution >= 4 is 23.2 Å². The number of hydrazine groups is 1. The zero-order valence-electron chi connectivity index (χ0n) is 12.7. The summed E-state index contributed by atoms with van der Waals surface area (Å²) in [5.41, 5.74) is 6.07. The molecule has 0 bridgehead atoms. The molecule has 1 aliphatic heterocycles. The minimum absolute atomic E-state index is 0.0738. The smallest absolute Gasteiger partial charge is 0.256 e. The molecule has 0 aromatic heterocycles. The monoisotopic (exact) mass is 328 g/mol. The largest absolute Gasteiger partial charge is 0.497 e. The Morgan fingerprint density at radius 3 is 2.48 bits per heavy atom. The predicted octanol–water partition coefficient (Wildman–Crippen LogP) is 3.36. The van der Waals surface area contributed by atoms with Gasteiger partial charge in [0.2, 0.25) is 0 Å². The molecule has 0 saturated heterocycles. The molecule has 1 atom stereocenters. The first-order chi connectivity index (χ1) is 11.2. The van der Waals surface area contributed by atoms with Gasteiger partial charge in [0.25, 0.3) is 5.91 Å². The number of nitrogens with zero attached hydrogens (tertiary/aromatic N) is 1. The lowest BCUT2D eigenvalue weighted by molar-refractivity contribution is -0.131. The van der Waals surface area contributed by atoms with Gasteiger partial charge < -0.3 is 4.74 Å². The van der Waals surface area contributed by atoms with Crippen LogP contribution < -0.4 is 10.2 Å². The van der Waals surface area contributed by atoms with Gasteiger partial charge in [-0.25, -0.2) is 5.01 Å². The summed E-state index contributed by atoms with van der Waals surface area (Å²) in [5, 5.41) is 1.57. The minimum Gasteiger partial charge on any atom is -0.497 e. The fourth-order valence-corrected chi connectivity index (χ4v) is 2.70. The fraction of sp³-hybridized carbons (Fsp3) is 0.167. The zero-order valence-corrected chi connectivity index (χ0v) is 13.5. The molecule has 118 valence electrons. The number of nitrogens with one attached hydrogen (secondary N) is 1. The molecule has 3 rings (SSSR count). The summed E-state index contributed by atoms with van der Waals surface area (Å²) in [7, 11) is 1.63. The van der Waals surface area contributed by atoms with Crippen LogP contribution in [-0.4, -0.2) is 23.9 Å². The van der Waals surface area contributed by atoms with Crippen molar-refractivity contribution in [2.75, 3.05) is 13.0 Å². The lowest BCUT2D eigenvalue weighted by atomic mass is 10.0. The van der Waals surface area contributed by atoms with E-state index < -0.39 is 0 Å². The van der Waals surface area contributed by atoms with Crippen molar-refractivity contribution in [3.63, 3.8) is 0 Å². The quantitative estimate of drug-likeness (QED) is 0.875. The van der Waals surface area contributed by atoms with Crippen molar-refractivity contribution in [3.8, 4) is 5.75 Å². The fourth-order valence-electron chi connectivity index (χ4n) is 2.58. The van der Waals surface area contributed by atoms with Gasteiger partial charge in [-0.3, -0.25) is 10.2 Å². The Labute approximate surface area is 140 Å². The Morgan fingerprint density at radius 1 is 1.17 bits per heavy atom. The topological polar surface area (TPSA) is 41.6 Å². The van der Waals surface area contributed by atoms with E-state index in [1.807, 2.05) is 60.7 Å². The lowest BCUT2D eigenvalue weighted by Gasteiger charge is -2.24. The van der Waals surface area contributed by atoms with Gasteiger partial charge in [0.15, 0.2) is 0 Å². The highest BCUT2D eigenvalue weighted by atomic mass is 35.5. The SMILES string of the molecule is COc1ccc([C@H]2C=C(c3ccccc3)NN2C(=O)CCl)cc1. The molecule has 0 spiro atoms. The van der Waals surface area contributed by atoms with Gasteiger partial charge in [0, 0.05) is 0 Å². The number of methoxy groups -OCH3 is 1. The van der Waals surface area contributed by atoms with Gasteiger partial charge in [-0.1, -0.05) is 42.5 Å². The van der Waals surface area contributed by atoms with Crippen LogP contribution in [0.15, 0.2) is 60.7 Å². The van der Waals surface area contributed by atoms with Crippen molar-refractivity contribution < 1.29 is 9.53 Å². The summed E-state index contributed by atoms with van der Waals surface area (Å²) in [6.45, 7) is 0. The maximum absolute atomic E-state index is 12.2. The van der Waals surface area contributed by atoms with Crippen LogP contribution in [0, 0.1) is 0 Å². The third kappa shape index (κ3) is 3.17. The van der Waals surface area contributed by atoms with Crippen LogP contribution in [0.25, 0.3) is 5.70 Å². The lowest BCUT2D eigenvalue weighted by Crippen LogP contribution is -2.40. The van der Waals surface area contributed by atoms with Crippen LogP contribution >= 0.6 is 11.6 Å². The second kappa shape index (κ2) is 6.75. The van der Waals surface area contributed by atoms with E-state index in [9.17, 15) is 4.79 Å². The van der Waals surface area contributed by atoms with Crippen LogP contribution in [0.5, 0.6) is 5.75 Å². The highest BCUT2D eigenvalue weighted by Crippen LogP contribution is 2.32. The van der Waals surface area contributed by atoms with Crippen LogP contribution in [-0.2, 0) is 4.79 Å². The van der Waals surface area contributed by atoms with E-state index in [0.29, 0.717) is 0 Å². The van der Waals surface area contributed by atoms with Gasteiger partial charge in [0.1, 0.15) is 11.6 Å². The summed E-state index contributed by atoms with van der Waals surface area (Å²) in [6, 6.07) is 17.3. The summed E-state index contributed by atoms with van der Waals surface area (Å²) in [4.78, 5) is 12.2. The van der Waals surface area contributed by atoms with Crippen LogP contribution in [0.3, 0.4) is 0 Å². The third-order valence-electron chi connectivity index (χ3n) is 3.77. The number of carbonyl (C=O) groups excluding carboxylic acids is 1. The van der Waals surface area contributed by atoms with Crippen molar-refractivity contribution in [1.29, 1.82) is 0 Å². The van der Waals surface area contributed by atoms with Crippen molar-refractivity contribution in [2.24, 2.45) is 0 Å². The second-order valence-corrected chi connectivity index (χ2v) is 5.44. The Balaban J connectivity index is 1.95. The molecule has 1 heterocycles. The molecule has 1 aliphatic rings. The van der Waals surface area contributed by atoms with E-state index >= 15 is 0 Å². The number of hydrogen-bond acceptors (Lipinski definition) is 3. The molecule has 0 unspecified atom stereocenters. The van der Waals surface area contributed by atoms with Gasteiger partial charge in [0.05, 0.1) is 18.8 Å². The van der Waals surface area contributed by atoms with E-state index in [1.54, 1.807) is 12.1 Å². The molecule has 5 heteroatoms. The van der Waals surface area contributed by atoms with Gasteiger partial charge in [-0.05, 0) is 29.3 Å². The molecule has 0 fully saturated rings. The number of ether oxygens (including phenoxy) is 1. The van der Waals surface area contributed by atoms with Crippen molar-refractivity contribution in [3.05, 3.63) is 71.8 Å². The van der Waals surface area contributed by atoms with Crippen LogP contribution in [0.4, 0.5) is 0 Å². The van der Waals surface area contributed by atoms with Crippen LogP contribution in [0.2, 0.25) is 0 Å². The van der Waals surface area contributed by atoms with Crippen molar-refractivity contribution in [1.82, 2.24) is 10.4 Å². The first kappa shape index (κ1) is 15.4. The summed E-state index contributed by atoms with van der Waals surface area (Å²) < 4.78 is 5.19. The van der Waals surface area contributed by atoms with Gasteiger partial charge >= 0.3 is 0 Å². The minimum atomic E-state index is -0.206. The molecule has 1 N–H and O–H groups in total. The highest BCUT2D eigenvalue weighted by Gasteiger charge is 2.30. The second-order valence-electron chi connectivity index (χ2n) is 5.17. The maximum Gasteiger partial charge on any atom is 0.256 e. The number of halogens is 1. The Bertz CT molecular complexity index is 714. The van der Waals surface area contributed by atoms with E-state index in [1.165, 1.54) is 0 Å². The Kier molecular flexibility index (Phi) is 4.53. The Hall–Kier alpha value is -2.46. The number of carbonyl (C=O) groups is 1. The molecule has 0 aliphatic carbocycles. The predicted molar refractivity (Wildman–Crippen MR) is 90.9 cm³/mol.